The quantitative estimate of drug-likeness (QED) is 0.897. The first-order chi connectivity index (χ1) is 8.63. The molecule has 1 heterocycles. The lowest BCUT2D eigenvalue weighted by molar-refractivity contribution is 0.166. The van der Waals surface area contributed by atoms with E-state index in [1.807, 2.05) is 0 Å². The molecule has 0 unspecified atom stereocenters. The lowest BCUT2D eigenvalue weighted by atomic mass is 9.98. The molecule has 19 heavy (non-hydrogen) atoms. The molecule has 1 aromatic rings. The van der Waals surface area contributed by atoms with Gasteiger partial charge in [0.25, 0.3) is 0 Å². The number of aryl methyl sites for hydroxylation is 1. The van der Waals surface area contributed by atoms with Crippen LogP contribution < -0.4 is 5.32 Å². The first kappa shape index (κ1) is 16.2. The largest absolute Gasteiger partial charge is 0.507 e. The van der Waals surface area contributed by atoms with Crippen molar-refractivity contribution < 1.29 is 9.50 Å². The van der Waals surface area contributed by atoms with E-state index in [9.17, 15) is 9.50 Å². The van der Waals surface area contributed by atoms with Gasteiger partial charge in [0.05, 0.1) is 0 Å². The third-order valence-electron chi connectivity index (χ3n) is 3.63. The number of benzene rings is 1. The summed E-state index contributed by atoms with van der Waals surface area (Å²) in [6.45, 7) is 7.59. The Bertz CT molecular complexity index is 422. The van der Waals surface area contributed by atoms with Crippen LogP contribution in [-0.2, 0) is 0 Å². The van der Waals surface area contributed by atoms with Gasteiger partial charge >= 0.3 is 0 Å². The van der Waals surface area contributed by atoms with Crippen LogP contribution in [0.1, 0.15) is 30.5 Å². The van der Waals surface area contributed by atoms with Crippen LogP contribution in [0, 0.1) is 12.7 Å². The van der Waals surface area contributed by atoms with Gasteiger partial charge in [0.15, 0.2) is 0 Å². The van der Waals surface area contributed by atoms with Gasteiger partial charge in [0.1, 0.15) is 11.6 Å². The summed E-state index contributed by atoms with van der Waals surface area (Å²) >= 11 is 0. The highest BCUT2D eigenvalue weighted by Crippen LogP contribution is 2.34. The first-order valence-electron chi connectivity index (χ1n) is 6.57. The number of nitrogens with one attached hydrogen (secondary N) is 1. The highest BCUT2D eigenvalue weighted by atomic mass is 35.5. The van der Waals surface area contributed by atoms with E-state index in [-0.39, 0.29) is 30.0 Å². The number of aromatic hydroxyl groups is 1. The molecule has 0 aliphatic carbocycles. The van der Waals surface area contributed by atoms with Crippen molar-refractivity contribution in [2.24, 2.45) is 0 Å². The number of halogens is 2. The summed E-state index contributed by atoms with van der Waals surface area (Å²) in [6, 6.07) is 2.95. The fourth-order valence-corrected chi connectivity index (χ4v) is 2.68. The van der Waals surface area contributed by atoms with Crippen molar-refractivity contribution in [2.45, 2.75) is 26.3 Å². The van der Waals surface area contributed by atoms with E-state index in [0.29, 0.717) is 5.56 Å². The van der Waals surface area contributed by atoms with Gasteiger partial charge in [0, 0.05) is 37.8 Å². The summed E-state index contributed by atoms with van der Waals surface area (Å²) in [4.78, 5) is 2.31. The highest BCUT2D eigenvalue weighted by Gasteiger charge is 2.24. The molecule has 3 nitrogen and oxygen atoms in total. The standard InChI is InChI=1S/C14H21FN2O.ClH/c1-3-13(17-6-4-16-5-7-17)12-9-11(15)8-10(2)14(12)18;/h8-9,13,16,18H,3-7H2,1-2H3;1H/t13-;/m1./s1. The lowest BCUT2D eigenvalue weighted by Crippen LogP contribution is -2.45. The van der Waals surface area contributed by atoms with Crippen molar-refractivity contribution >= 4 is 12.4 Å². The van der Waals surface area contributed by atoms with Gasteiger partial charge in [0.2, 0.25) is 0 Å². The summed E-state index contributed by atoms with van der Waals surface area (Å²) in [5.74, 6) is -0.0318. The molecule has 0 bridgehead atoms. The molecule has 1 fully saturated rings. The second-order valence-electron chi connectivity index (χ2n) is 4.87. The first-order valence-corrected chi connectivity index (χ1v) is 6.57. The van der Waals surface area contributed by atoms with Crippen molar-refractivity contribution in [3.05, 3.63) is 29.1 Å². The third kappa shape index (κ3) is 3.59. The van der Waals surface area contributed by atoms with E-state index in [2.05, 4.69) is 17.1 Å². The van der Waals surface area contributed by atoms with Crippen molar-refractivity contribution in [1.29, 1.82) is 0 Å². The SMILES string of the molecule is CC[C@H](c1cc(F)cc(C)c1O)N1CCNCC1.Cl. The van der Waals surface area contributed by atoms with Crippen molar-refractivity contribution in [2.75, 3.05) is 26.2 Å². The molecular formula is C14H22ClFN2O. The predicted molar refractivity (Wildman–Crippen MR) is 77.5 cm³/mol. The second kappa shape index (κ2) is 7.08. The number of nitrogens with zero attached hydrogens (tertiary/aromatic N) is 1. The fourth-order valence-electron chi connectivity index (χ4n) is 2.68. The summed E-state index contributed by atoms with van der Waals surface area (Å²) in [5, 5.41) is 13.4. The van der Waals surface area contributed by atoms with Crippen LogP contribution in [0.3, 0.4) is 0 Å². The normalized spacial score (nSPS) is 17.8. The summed E-state index contributed by atoms with van der Waals surface area (Å²) in [6.07, 6.45) is 0.871. The van der Waals surface area contributed by atoms with E-state index in [0.717, 1.165) is 38.2 Å². The molecule has 1 atom stereocenters. The number of rotatable bonds is 3. The van der Waals surface area contributed by atoms with Crippen molar-refractivity contribution in [3.8, 4) is 5.75 Å². The van der Waals surface area contributed by atoms with Crippen LogP contribution in [0.25, 0.3) is 0 Å². The summed E-state index contributed by atoms with van der Waals surface area (Å²) in [7, 11) is 0. The molecule has 0 amide bonds. The zero-order valence-corrected chi connectivity index (χ0v) is 12.3. The average Bonchev–Trinajstić information content (AvgIpc) is 2.37. The van der Waals surface area contributed by atoms with Gasteiger partial charge in [-0.05, 0) is 31.0 Å². The third-order valence-corrected chi connectivity index (χ3v) is 3.63. The van der Waals surface area contributed by atoms with Gasteiger partial charge in [-0.15, -0.1) is 12.4 Å². The second-order valence-corrected chi connectivity index (χ2v) is 4.87. The number of hydrogen-bond acceptors (Lipinski definition) is 3. The van der Waals surface area contributed by atoms with Crippen molar-refractivity contribution in [1.82, 2.24) is 10.2 Å². The molecule has 1 saturated heterocycles. The number of hydrogen-bond donors (Lipinski definition) is 2. The number of piperazine rings is 1. The maximum Gasteiger partial charge on any atom is 0.124 e. The zero-order valence-electron chi connectivity index (χ0n) is 11.4. The Morgan fingerprint density at radius 2 is 2.00 bits per heavy atom. The van der Waals surface area contributed by atoms with Crippen LogP contribution in [0.15, 0.2) is 12.1 Å². The van der Waals surface area contributed by atoms with E-state index in [1.165, 1.54) is 12.1 Å². The topological polar surface area (TPSA) is 35.5 Å². The number of phenols is 1. The van der Waals surface area contributed by atoms with Crippen LogP contribution >= 0.6 is 12.4 Å². The minimum absolute atomic E-state index is 0. The van der Waals surface area contributed by atoms with Gasteiger partial charge in [-0.1, -0.05) is 6.92 Å². The molecule has 0 saturated carbocycles. The van der Waals surface area contributed by atoms with Crippen LogP contribution in [0.4, 0.5) is 4.39 Å². The minimum atomic E-state index is -0.270. The Labute approximate surface area is 120 Å². The lowest BCUT2D eigenvalue weighted by Gasteiger charge is -2.35. The van der Waals surface area contributed by atoms with Gasteiger partial charge in [-0.25, -0.2) is 4.39 Å². The zero-order chi connectivity index (χ0) is 13.1. The van der Waals surface area contributed by atoms with E-state index in [1.54, 1.807) is 6.92 Å². The summed E-state index contributed by atoms with van der Waals surface area (Å²) < 4.78 is 13.5. The molecule has 2 rings (SSSR count). The van der Waals surface area contributed by atoms with Crippen LogP contribution in [0.2, 0.25) is 0 Å². The van der Waals surface area contributed by atoms with Gasteiger partial charge in [-0.2, -0.15) is 0 Å². The summed E-state index contributed by atoms with van der Waals surface area (Å²) in [5.41, 5.74) is 1.33. The monoisotopic (exact) mass is 288 g/mol. The average molecular weight is 289 g/mol. The molecule has 1 aliphatic rings. The van der Waals surface area contributed by atoms with E-state index in [4.69, 9.17) is 0 Å². The molecule has 2 N–H and O–H groups in total. The molecule has 1 aliphatic heterocycles. The molecule has 108 valence electrons. The molecular weight excluding hydrogens is 267 g/mol. The Morgan fingerprint density at radius 3 is 2.58 bits per heavy atom. The van der Waals surface area contributed by atoms with E-state index >= 15 is 0 Å². The molecule has 0 spiro atoms. The highest BCUT2D eigenvalue weighted by molar-refractivity contribution is 5.85. The van der Waals surface area contributed by atoms with Gasteiger partial charge < -0.3 is 10.4 Å². The molecule has 5 heteroatoms. The maximum atomic E-state index is 13.5. The smallest absolute Gasteiger partial charge is 0.124 e. The van der Waals surface area contributed by atoms with Crippen LogP contribution in [-0.4, -0.2) is 36.2 Å². The van der Waals surface area contributed by atoms with Crippen molar-refractivity contribution in [3.63, 3.8) is 0 Å². The van der Waals surface area contributed by atoms with Crippen LogP contribution in [0.5, 0.6) is 5.75 Å². The fraction of sp³-hybridized carbons (Fsp3) is 0.571. The minimum Gasteiger partial charge on any atom is -0.507 e. The molecule has 1 aromatic carbocycles. The van der Waals surface area contributed by atoms with E-state index < -0.39 is 0 Å². The Hall–Kier alpha value is -0.840. The Morgan fingerprint density at radius 1 is 1.37 bits per heavy atom. The maximum absolute atomic E-state index is 13.5. The molecule has 0 radical (unpaired) electrons. The Kier molecular flexibility index (Phi) is 6.04. The Balaban J connectivity index is 0.00000180. The predicted octanol–water partition coefficient (Wildman–Crippen LogP) is 2.62. The molecule has 0 aromatic heterocycles. The number of phenolic OH excluding ortho intramolecular Hbond substituents is 1. The van der Waals surface area contributed by atoms with Gasteiger partial charge in [-0.3, -0.25) is 4.90 Å².